The summed E-state index contributed by atoms with van der Waals surface area (Å²) in [4.78, 5) is 15.1. The lowest BCUT2D eigenvalue weighted by Crippen LogP contribution is -2.08. The maximum absolute atomic E-state index is 11.1. The van der Waals surface area contributed by atoms with Crippen molar-refractivity contribution in [1.82, 2.24) is 9.55 Å². The SMILES string of the molecule is COC(=O)c1c(Br)nc(Br)n1C. The third-order valence-corrected chi connectivity index (χ3v) is 2.64. The number of rotatable bonds is 1. The maximum atomic E-state index is 11.1. The fraction of sp³-hybridized carbons (Fsp3) is 0.333. The Bertz CT molecular complexity index is 322. The Balaban J connectivity index is 3.22. The third kappa shape index (κ3) is 1.54. The maximum Gasteiger partial charge on any atom is 0.357 e. The quantitative estimate of drug-likeness (QED) is 0.742. The Kier molecular flexibility index (Phi) is 2.89. The standard InChI is InChI=1S/C6H6Br2N2O2/c1-10-3(5(11)12-2)4(7)9-6(10)8/h1-2H3. The number of hydrogen-bond acceptors (Lipinski definition) is 3. The van der Waals surface area contributed by atoms with E-state index in [1.807, 2.05) is 0 Å². The molecule has 0 unspecified atom stereocenters. The summed E-state index contributed by atoms with van der Waals surface area (Å²) in [6.07, 6.45) is 0. The molecule has 0 saturated carbocycles. The van der Waals surface area contributed by atoms with Crippen LogP contribution in [-0.2, 0) is 11.8 Å². The molecule has 0 aromatic carbocycles. The van der Waals surface area contributed by atoms with Crippen molar-refractivity contribution in [1.29, 1.82) is 0 Å². The van der Waals surface area contributed by atoms with E-state index >= 15 is 0 Å². The lowest BCUT2D eigenvalue weighted by Gasteiger charge is -1.99. The fourth-order valence-corrected chi connectivity index (χ4v) is 1.95. The second-order valence-corrected chi connectivity index (χ2v) is 3.53. The average Bonchev–Trinajstić information content (AvgIpc) is 2.26. The van der Waals surface area contributed by atoms with Crippen molar-refractivity contribution in [3.05, 3.63) is 15.0 Å². The first-order chi connectivity index (χ1) is 5.57. The van der Waals surface area contributed by atoms with Gasteiger partial charge in [0.2, 0.25) is 0 Å². The van der Waals surface area contributed by atoms with E-state index in [1.54, 1.807) is 11.6 Å². The molecule has 0 aliphatic rings. The van der Waals surface area contributed by atoms with Crippen LogP contribution in [0.5, 0.6) is 0 Å². The smallest absolute Gasteiger partial charge is 0.357 e. The molecule has 0 N–H and O–H groups in total. The number of carbonyl (C=O) groups excluding carboxylic acids is 1. The van der Waals surface area contributed by atoms with Crippen LogP contribution in [0.1, 0.15) is 10.5 Å². The molecule has 0 atom stereocenters. The van der Waals surface area contributed by atoms with Crippen molar-refractivity contribution in [2.45, 2.75) is 0 Å². The molecule has 0 radical (unpaired) electrons. The number of ether oxygens (including phenoxy) is 1. The minimum absolute atomic E-state index is 0.393. The van der Waals surface area contributed by atoms with E-state index in [4.69, 9.17) is 0 Å². The molecule has 1 heterocycles. The third-order valence-electron chi connectivity index (χ3n) is 1.38. The molecule has 0 amide bonds. The van der Waals surface area contributed by atoms with Gasteiger partial charge in [0.05, 0.1) is 7.11 Å². The Labute approximate surface area is 86.2 Å². The predicted octanol–water partition coefficient (Wildman–Crippen LogP) is 1.73. The first-order valence-electron chi connectivity index (χ1n) is 3.04. The molecular formula is C6H6Br2N2O2. The molecule has 0 fully saturated rings. The van der Waals surface area contributed by atoms with Crippen LogP contribution in [0.25, 0.3) is 0 Å². The number of hydrogen-bond donors (Lipinski definition) is 0. The highest BCUT2D eigenvalue weighted by atomic mass is 79.9. The summed E-state index contributed by atoms with van der Waals surface area (Å²) in [5.74, 6) is -0.414. The average molecular weight is 298 g/mol. The highest BCUT2D eigenvalue weighted by molar-refractivity contribution is 9.11. The minimum Gasteiger partial charge on any atom is -0.464 e. The molecule has 1 aromatic heterocycles. The molecule has 4 nitrogen and oxygen atoms in total. The van der Waals surface area contributed by atoms with Gasteiger partial charge in [0.25, 0.3) is 0 Å². The molecule has 0 bridgehead atoms. The van der Waals surface area contributed by atoms with Crippen LogP contribution in [0, 0.1) is 0 Å². The molecule has 1 aromatic rings. The van der Waals surface area contributed by atoms with Crippen LogP contribution in [0.4, 0.5) is 0 Å². The van der Waals surface area contributed by atoms with Crippen molar-refractivity contribution in [3.63, 3.8) is 0 Å². The van der Waals surface area contributed by atoms with Crippen LogP contribution >= 0.6 is 31.9 Å². The van der Waals surface area contributed by atoms with Gasteiger partial charge in [-0.15, -0.1) is 0 Å². The van der Waals surface area contributed by atoms with E-state index in [0.29, 0.717) is 15.0 Å². The van der Waals surface area contributed by atoms with Gasteiger partial charge in [0.1, 0.15) is 4.60 Å². The Morgan fingerprint density at radius 1 is 1.58 bits per heavy atom. The number of carbonyl (C=O) groups is 1. The zero-order valence-electron chi connectivity index (χ0n) is 6.47. The second kappa shape index (κ2) is 3.57. The summed E-state index contributed by atoms with van der Waals surface area (Å²) in [6, 6.07) is 0. The van der Waals surface area contributed by atoms with Gasteiger partial charge in [-0.3, -0.25) is 0 Å². The summed E-state index contributed by atoms with van der Waals surface area (Å²) < 4.78 is 7.21. The van der Waals surface area contributed by atoms with Gasteiger partial charge in [-0.25, -0.2) is 9.78 Å². The van der Waals surface area contributed by atoms with Gasteiger partial charge in [-0.05, 0) is 31.9 Å². The zero-order valence-corrected chi connectivity index (χ0v) is 9.64. The van der Waals surface area contributed by atoms with Crippen LogP contribution < -0.4 is 0 Å². The molecule has 1 rings (SSSR count). The van der Waals surface area contributed by atoms with Gasteiger partial charge in [0, 0.05) is 7.05 Å². The number of imidazole rings is 1. The topological polar surface area (TPSA) is 44.1 Å². The lowest BCUT2D eigenvalue weighted by atomic mass is 10.5. The molecule has 0 saturated heterocycles. The molecule has 6 heteroatoms. The Morgan fingerprint density at radius 3 is 2.50 bits per heavy atom. The van der Waals surface area contributed by atoms with Crippen LogP contribution in [0.2, 0.25) is 0 Å². The van der Waals surface area contributed by atoms with Gasteiger partial charge in [-0.2, -0.15) is 0 Å². The van der Waals surface area contributed by atoms with Gasteiger partial charge < -0.3 is 9.30 Å². The number of esters is 1. The fourth-order valence-electron chi connectivity index (χ4n) is 0.757. The largest absolute Gasteiger partial charge is 0.464 e. The highest BCUT2D eigenvalue weighted by Gasteiger charge is 2.18. The first-order valence-corrected chi connectivity index (χ1v) is 4.62. The minimum atomic E-state index is -0.414. The lowest BCUT2D eigenvalue weighted by molar-refractivity contribution is 0.0588. The van der Waals surface area contributed by atoms with E-state index in [2.05, 4.69) is 41.6 Å². The van der Waals surface area contributed by atoms with Crippen LogP contribution in [0.15, 0.2) is 9.34 Å². The van der Waals surface area contributed by atoms with E-state index in [-0.39, 0.29) is 0 Å². The van der Waals surface area contributed by atoms with Crippen LogP contribution in [-0.4, -0.2) is 22.6 Å². The summed E-state index contributed by atoms with van der Waals surface area (Å²) >= 11 is 6.32. The second-order valence-electron chi connectivity index (χ2n) is 2.07. The predicted molar refractivity (Wildman–Crippen MR) is 49.9 cm³/mol. The number of halogens is 2. The molecule has 0 spiro atoms. The Morgan fingerprint density at radius 2 is 2.17 bits per heavy atom. The summed E-state index contributed by atoms with van der Waals surface area (Å²) in [6.45, 7) is 0. The summed E-state index contributed by atoms with van der Waals surface area (Å²) in [7, 11) is 3.05. The molecular weight excluding hydrogens is 292 g/mol. The summed E-state index contributed by atoms with van der Waals surface area (Å²) in [5.41, 5.74) is 0.393. The van der Waals surface area contributed by atoms with E-state index in [0.717, 1.165) is 0 Å². The van der Waals surface area contributed by atoms with Crippen molar-refractivity contribution in [2.24, 2.45) is 7.05 Å². The van der Waals surface area contributed by atoms with Crippen molar-refractivity contribution in [3.8, 4) is 0 Å². The Hall–Kier alpha value is -0.360. The van der Waals surface area contributed by atoms with Gasteiger partial charge in [0.15, 0.2) is 10.4 Å². The van der Waals surface area contributed by atoms with E-state index < -0.39 is 5.97 Å². The molecule has 12 heavy (non-hydrogen) atoms. The van der Waals surface area contributed by atoms with Gasteiger partial charge in [-0.1, -0.05) is 0 Å². The normalized spacial score (nSPS) is 10.0. The molecule has 0 aliphatic heterocycles. The van der Waals surface area contributed by atoms with Crippen molar-refractivity contribution < 1.29 is 9.53 Å². The molecule has 66 valence electrons. The first kappa shape index (κ1) is 9.73. The monoisotopic (exact) mass is 296 g/mol. The number of aromatic nitrogens is 2. The van der Waals surface area contributed by atoms with E-state index in [1.165, 1.54) is 7.11 Å². The van der Waals surface area contributed by atoms with Crippen molar-refractivity contribution in [2.75, 3.05) is 7.11 Å². The van der Waals surface area contributed by atoms with Gasteiger partial charge >= 0.3 is 5.97 Å². The molecule has 0 aliphatic carbocycles. The van der Waals surface area contributed by atoms with Crippen LogP contribution in [0.3, 0.4) is 0 Å². The highest BCUT2D eigenvalue weighted by Crippen LogP contribution is 2.20. The number of methoxy groups -OCH3 is 1. The zero-order chi connectivity index (χ0) is 9.30. The van der Waals surface area contributed by atoms with Crippen molar-refractivity contribution >= 4 is 37.8 Å². The summed E-state index contributed by atoms with van der Waals surface area (Å²) in [5, 5.41) is 0. The van der Waals surface area contributed by atoms with E-state index in [9.17, 15) is 4.79 Å². The number of nitrogens with zero attached hydrogens (tertiary/aromatic N) is 2.